The smallest absolute Gasteiger partial charge is 0.149 e. The van der Waals surface area contributed by atoms with Gasteiger partial charge in [0.2, 0.25) is 0 Å². The summed E-state index contributed by atoms with van der Waals surface area (Å²) in [6, 6.07) is 0. The Kier molecular flexibility index (Phi) is 5.02. The second-order valence-corrected chi connectivity index (χ2v) is 15.2. The molecule has 0 spiro atoms. The Balaban J connectivity index is 1.42. The molecule has 4 fully saturated rings. The number of nitrogens with zero attached hydrogens (tertiary/aromatic N) is 2. The van der Waals surface area contributed by atoms with Crippen molar-refractivity contribution in [2.75, 3.05) is 0 Å². The zero-order chi connectivity index (χ0) is 25.9. The van der Waals surface area contributed by atoms with Crippen LogP contribution in [0.5, 0.6) is 0 Å². The third-order valence-electron chi connectivity index (χ3n) is 12.7. The number of fused-ring (bicyclic) bond motifs is 8. The molecule has 5 aliphatic rings. The van der Waals surface area contributed by atoms with E-state index in [0.29, 0.717) is 30.0 Å². The van der Waals surface area contributed by atoms with E-state index in [-0.39, 0.29) is 44.7 Å². The molecule has 4 saturated carbocycles. The average Bonchev–Trinajstić information content (AvgIpc) is 3.28. The fourth-order valence-electron chi connectivity index (χ4n) is 11.1. The van der Waals surface area contributed by atoms with E-state index in [0.717, 1.165) is 57.1 Å². The molecule has 1 heterocycles. The molecule has 6 rings (SSSR count). The molecule has 0 aliphatic heterocycles. The predicted octanol–water partition coefficient (Wildman–Crippen LogP) is 7.37. The van der Waals surface area contributed by atoms with Crippen molar-refractivity contribution in [3.8, 4) is 0 Å². The lowest BCUT2D eigenvalue weighted by atomic mass is 9.35. The zero-order valence-corrected chi connectivity index (χ0v) is 23.0. The Labute approximate surface area is 215 Å². The molecule has 1 aromatic heterocycles. The van der Waals surface area contributed by atoms with E-state index >= 15 is 0 Å². The first-order valence-corrected chi connectivity index (χ1v) is 14.2. The molecule has 8 unspecified atom stereocenters. The normalized spacial score (nSPS) is 46.4. The number of Topliss-reactive ketones (excluding diaryl/α,β-unsaturated/α-hetero) is 1. The summed E-state index contributed by atoms with van der Waals surface area (Å²) >= 11 is 0. The van der Waals surface area contributed by atoms with E-state index in [2.05, 4.69) is 51.8 Å². The number of carbonyl (C=O) groups is 1. The van der Waals surface area contributed by atoms with Crippen LogP contribution in [0.1, 0.15) is 104 Å². The third-order valence-corrected chi connectivity index (χ3v) is 12.7. The molecule has 8 atom stereocenters. The highest BCUT2D eigenvalue weighted by Crippen LogP contribution is 2.72. The van der Waals surface area contributed by atoms with Crippen LogP contribution in [0, 0.1) is 62.2 Å². The number of ketones is 1. The zero-order valence-electron chi connectivity index (χ0n) is 23.0. The van der Waals surface area contributed by atoms with Crippen molar-refractivity contribution in [1.29, 1.82) is 10.9 Å². The van der Waals surface area contributed by atoms with E-state index < -0.39 is 0 Å². The average molecular weight is 493 g/mol. The summed E-state index contributed by atoms with van der Waals surface area (Å²) in [6.07, 6.45) is 10.6. The van der Waals surface area contributed by atoms with Gasteiger partial charge in [0.25, 0.3) is 0 Å². The van der Waals surface area contributed by atoms with Gasteiger partial charge >= 0.3 is 0 Å². The molecular formula is C30H44N4O2. The molecule has 0 bridgehead atoms. The molecule has 6 heteroatoms. The first-order chi connectivity index (χ1) is 16.8. The van der Waals surface area contributed by atoms with Crippen LogP contribution in [0.15, 0.2) is 15.8 Å². The summed E-state index contributed by atoms with van der Waals surface area (Å²) in [6.45, 7) is 14.3. The van der Waals surface area contributed by atoms with Crippen molar-refractivity contribution in [2.45, 2.75) is 105 Å². The second-order valence-electron chi connectivity index (χ2n) is 15.2. The van der Waals surface area contributed by atoms with Crippen molar-refractivity contribution in [1.82, 2.24) is 5.16 Å². The highest BCUT2D eigenvalue weighted by Gasteiger charge is 2.69. The van der Waals surface area contributed by atoms with Gasteiger partial charge in [-0.1, -0.05) is 46.7 Å². The van der Waals surface area contributed by atoms with Gasteiger partial charge in [-0.15, -0.1) is 5.11 Å². The van der Waals surface area contributed by atoms with Crippen LogP contribution in [0.4, 0.5) is 0 Å². The van der Waals surface area contributed by atoms with Gasteiger partial charge < -0.3 is 4.52 Å². The van der Waals surface area contributed by atoms with Gasteiger partial charge in [-0.3, -0.25) is 10.2 Å². The highest BCUT2D eigenvalue weighted by atomic mass is 16.5. The molecule has 6 nitrogen and oxygen atoms in total. The summed E-state index contributed by atoms with van der Waals surface area (Å²) < 4.78 is 5.79. The summed E-state index contributed by atoms with van der Waals surface area (Å²) in [7, 11) is 0. The highest BCUT2D eigenvalue weighted by molar-refractivity contribution is 5.89. The quantitative estimate of drug-likeness (QED) is 0.243. The van der Waals surface area contributed by atoms with Crippen molar-refractivity contribution >= 4 is 11.6 Å². The maximum atomic E-state index is 14.3. The van der Waals surface area contributed by atoms with E-state index in [1.54, 1.807) is 0 Å². The maximum absolute atomic E-state index is 14.3. The molecular weight excluding hydrogens is 448 g/mol. The minimum absolute atomic E-state index is 0.00424. The van der Waals surface area contributed by atoms with Crippen molar-refractivity contribution in [3.05, 3.63) is 17.5 Å². The third kappa shape index (κ3) is 2.93. The molecule has 0 radical (unpaired) electrons. The number of rotatable bonds is 1. The van der Waals surface area contributed by atoms with Gasteiger partial charge in [-0.2, -0.15) is 0 Å². The van der Waals surface area contributed by atoms with Crippen molar-refractivity contribution in [3.63, 3.8) is 0 Å². The lowest BCUT2D eigenvalue weighted by molar-refractivity contribution is -0.189. The van der Waals surface area contributed by atoms with E-state index in [9.17, 15) is 4.79 Å². The Morgan fingerprint density at radius 1 is 1.00 bits per heavy atom. The van der Waals surface area contributed by atoms with Gasteiger partial charge in [-0.05, 0) is 91.3 Å². The number of aromatic nitrogens is 1. The molecule has 0 amide bonds. The predicted molar refractivity (Wildman–Crippen MR) is 138 cm³/mol. The van der Waals surface area contributed by atoms with Crippen molar-refractivity contribution in [2.24, 2.45) is 56.4 Å². The number of hydrogen-bond acceptors (Lipinski definition) is 5. The van der Waals surface area contributed by atoms with Crippen LogP contribution < -0.4 is 0 Å². The van der Waals surface area contributed by atoms with Crippen LogP contribution in [0.2, 0.25) is 0 Å². The molecule has 0 aromatic carbocycles. The Morgan fingerprint density at radius 2 is 1.75 bits per heavy atom. The molecule has 0 saturated heterocycles. The van der Waals surface area contributed by atoms with E-state index in [1.165, 1.54) is 5.56 Å². The number of amidine groups is 1. The molecule has 2 N–H and O–H groups in total. The van der Waals surface area contributed by atoms with Gasteiger partial charge in [0.15, 0.2) is 0 Å². The molecule has 196 valence electrons. The largest absolute Gasteiger partial charge is 0.361 e. The molecule has 5 aliphatic carbocycles. The minimum atomic E-state index is -0.386. The summed E-state index contributed by atoms with van der Waals surface area (Å²) in [5.41, 5.74) is 8.83. The lowest BCUT2D eigenvalue weighted by Gasteiger charge is -2.68. The fourth-order valence-corrected chi connectivity index (χ4v) is 11.1. The minimum Gasteiger partial charge on any atom is -0.361 e. The summed E-state index contributed by atoms with van der Waals surface area (Å²) in [4.78, 5) is 14.3. The fraction of sp³-hybridized carbons (Fsp3) is 0.833. The second kappa shape index (κ2) is 7.38. The standard InChI is InChI=1S/C30H44N4O2/c1-26(2)11-12-30(25(31)34-32)10-7-18-23(19(30)15-26)20(35)13-22-28(18,5)9-8-21-27(3,4)24-17(16-33-36-24)14-29(21,22)6/h16,18-19,21-23,31-32H,7-15H2,1-6H3. The maximum Gasteiger partial charge on any atom is 0.149 e. The number of nitrogens with one attached hydrogen (secondary N) is 2. The summed E-state index contributed by atoms with van der Waals surface area (Å²) in [5.74, 6) is 3.05. The Hall–Kier alpha value is -1.85. The first-order valence-electron chi connectivity index (χ1n) is 14.2. The Bertz CT molecular complexity index is 1140. The Morgan fingerprint density at radius 3 is 2.47 bits per heavy atom. The van der Waals surface area contributed by atoms with Gasteiger partial charge in [0.05, 0.1) is 6.20 Å². The first kappa shape index (κ1) is 24.5. The van der Waals surface area contributed by atoms with E-state index in [4.69, 9.17) is 15.5 Å². The number of hydrogen-bond donors (Lipinski definition) is 2. The summed E-state index contributed by atoms with van der Waals surface area (Å²) in [5, 5.41) is 16.6. The van der Waals surface area contributed by atoms with Crippen LogP contribution in [0.25, 0.3) is 0 Å². The van der Waals surface area contributed by atoms with Gasteiger partial charge in [0.1, 0.15) is 17.4 Å². The van der Waals surface area contributed by atoms with Crippen LogP contribution in [-0.4, -0.2) is 16.8 Å². The van der Waals surface area contributed by atoms with Crippen LogP contribution >= 0.6 is 0 Å². The lowest BCUT2D eigenvalue weighted by Crippen LogP contribution is -2.66. The topological polar surface area (TPSA) is 103 Å². The SMILES string of the molecule is CC1(C)CCC2(C(=N)N=N)CCC3C(C(=O)CC4C3(C)CCC3C(C)(C)c5oncc5CC34C)C2C1. The number of carbonyl (C=O) groups excluding carboxylic acids is 1. The van der Waals surface area contributed by atoms with Crippen LogP contribution in [0.3, 0.4) is 0 Å². The van der Waals surface area contributed by atoms with Crippen molar-refractivity contribution < 1.29 is 9.32 Å². The molecule has 1 aromatic rings. The van der Waals surface area contributed by atoms with Gasteiger partial charge in [0, 0.05) is 28.7 Å². The monoisotopic (exact) mass is 492 g/mol. The van der Waals surface area contributed by atoms with E-state index in [1.807, 2.05) is 6.20 Å². The molecule has 36 heavy (non-hydrogen) atoms. The van der Waals surface area contributed by atoms with Gasteiger partial charge in [-0.25, -0.2) is 5.53 Å². The van der Waals surface area contributed by atoms with Crippen LogP contribution in [-0.2, 0) is 16.6 Å².